The van der Waals surface area contributed by atoms with E-state index in [1.165, 1.54) is 36.1 Å². The Labute approximate surface area is 163 Å². The molecule has 1 spiro atoms. The SMILES string of the molecule is Cc1ccc(C2=CC(c3cc(Br)ccc3O)[NH2+]C3(CCCCC3)N2)cc1. The highest BCUT2D eigenvalue weighted by molar-refractivity contribution is 9.10. The fraction of sp³-hybridized carbons (Fsp3) is 0.364. The molecule has 1 fully saturated rings. The minimum atomic E-state index is 0.0205. The van der Waals surface area contributed by atoms with Gasteiger partial charge < -0.3 is 15.7 Å². The number of nitrogens with one attached hydrogen (secondary N) is 1. The molecule has 0 saturated heterocycles. The molecule has 0 amide bonds. The van der Waals surface area contributed by atoms with E-state index in [1.54, 1.807) is 6.07 Å². The van der Waals surface area contributed by atoms with E-state index in [1.807, 2.05) is 12.1 Å². The summed E-state index contributed by atoms with van der Waals surface area (Å²) in [5.41, 5.74) is 4.65. The lowest BCUT2D eigenvalue weighted by molar-refractivity contribution is -0.764. The van der Waals surface area contributed by atoms with Gasteiger partial charge in [-0.3, -0.25) is 0 Å². The molecule has 2 aliphatic rings. The van der Waals surface area contributed by atoms with Gasteiger partial charge >= 0.3 is 0 Å². The van der Waals surface area contributed by atoms with Gasteiger partial charge in [0.1, 0.15) is 11.8 Å². The van der Waals surface area contributed by atoms with E-state index in [0.717, 1.165) is 22.9 Å². The summed E-state index contributed by atoms with van der Waals surface area (Å²) >= 11 is 3.56. The number of phenols is 1. The Kier molecular flexibility index (Phi) is 4.80. The molecule has 0 radical (unpaired) electrons. The molecule has 26 heavy (non-hydrogen) atoms. The van der Waals surface area contributed by atoms with Crippen LogP contribution in [0.25, 0.3) is 5.70 Å². The molecule has 1 aliphatic heterocycles. The maximum Gasteiger partial charge on any atom is 0.169 e. The minimum Gasteiger partial charge on any atom is -0.507 e. The van der Waals surface area contributed by atoms with Crippen LogP contribution in [0.15, 0.2) is 53.0 Å². The number of halogens is 1. The van der Waals surface area contributed by atoms with Crippen LogP contribution in [-0.2, 0) is 0 Å². The molecule has 4 N–H and O–H groups in total. The van der Waals surface area contributed by atoms with E-state index < -0.39 is 0 Å². The first-order chi connectivity index (χ1) is 12.5. The van der Waals surface area contributed by atoms with Gasteiger partial charge in [-0.2, -0.15) is 0 Å². The number of benzene rings is 2. The predicted molar refractivity (Wildman–Crippen MR) is 109 cm³/mol. The highest BCUT2D eigenvalue weighted by Gasteiger charge is 2.42. The number of hydrogen-bond donors (Lipinski definition) is 3. The zero-order valence-corrected chi connectivity index (χ0v) is 16.7. The van der Waals surface area contributed by atoms with Crippen molar-refractivity contribution in [2.24, 2.45) is 0 Å². The van der Waals surface area contributed by atoms with Gasteiger partial charge in [-0.05, 0) is 43.5 Å². The molecule has 4 heteroatoms. The minimum absolute atomic E-state index is 0.0205. The molecule has 0 aromatic heterocycles. The van der Waals surface area contributed by atoms with Gasteiger partial charge in [0.05, 0.1) is 5.56 Å². The van der Waals surface area contributed by atoms with E-state index in [9.17, 15) is 5.11 Å². The normalized spacial score (nSPS) is 21.9. The molecule has 2 aromatic carbocycles. The van der Waals surface area contributed by atoms with Gasteiger partial charge in [0, 0.05) is 29.1 Å². The molecule has 4 rings (SSSR count). The quantitative estimate of drug-likeness (QED) is 0.684. The van der Waals surface area contributed by atoms with Crippen LogP contribution in [0.4, 0.5) is 0 Å². The zero-order chi connectivity index (χ0) is 18.1. The average molecular weight is 414 g/mol. The maximum atomic E-state index is 10.5. The molecule has 1 atom stereocenters. The van der Waals surface area contributed by atoms with Crippen LogP contribution in [0.5, 0.6) is 5.75 Å². The van der Waals surface area contributed by atoms with Crippen LogP contribution < -0.4 is 10.6 Å². The second kappa shape index (κ2) is 7.09. The molecular weight excluding hydrogens is 388 g/mol. The van der Waals surface area contributed by atoms with Crippen LogP contribution >= 0.6 is 15.9 Å². The topological polar surface area (TPSA) is 48.9 Å². The Morgan fingerprint density at radius 1 is 1.08 bits per heavy atom. The van der Waals surface area contributed by atoms with Crippen LogP contribution in [0, 0.1) is 6.92 Å². The van der Waals surface area contributed by atoms with Gasteiger partial charge in [0.2, 0.25) is 0 Å². The molecule has 1 unspecified atom stereocenters. The van der Waals surface area contributed by atoms with E-state index in [0.29, 0.717) is 5.75 Å². The number of nitrogens with two attached hydrogens (primary N) is 1. The van der Waals surface area contributed by atoms with Crippen molar-refractivity contribution in [1.29, 1.82) is 0 Å². The van der Waals surface area contributed by atoms with Crippen molar-refractivity contribution < 1.29 is 10.4 Å². The third-order valence-electron chi connectivity index (χ3n) is 5.69. The Balaban J connectivity index is 1.77. The Morgan fingerprint density at radius 2 is 1.81 bits per heavy atom. The smallest absolute Gasteiger partial charge is 0.169 e. The van der Waals surface area contributed by atoms with Crippen molar-refractivity contribution in [3.05, 3.63) is 69.7 Å². The third kappa shape index (κ3) is 3.53. The van der Waals surface area contributed by atoms with Crippen LogP contribution in [0.3, 0.4) is 0 Å². The van der Waals surface area contributed by atoms with Crippen molar-refractivity contribution >= 4 is 21.6 Å². The lowest BCUT2D eigenvalue weighted by Gasteiger charge is -2.42. The summed E-state index contributed by atoms with van der Waals surface area (Å²) < 4.78 is 1.00. The summed E-state index contributed by atoms with van der Waals surface area (Å²) in [6.07, 6.45) is 8.38. The molecule has 136 valence electrons. The van der Waals surface area contributed by atoms with E-state index >= 15 is 0 Å². The largest absolute Gasteiger partial charge is 0.507 e. The van der Waals surface area contributed by atoms with Gasteiger partial charge in [-0.25, -0.2) is 0 Å². The maximum absolute atomic E-state index is 10.5. The number of aryl methyl sites for hydroxylation is 1. The number of rotatable bonds is 2. The van der Waals surface area contributed by atoms with Crippen molar-refractivity contribution in [3.8, 4) is 5.75 Å². The second-order valence-corrected chi connectivity index (χ2v) is 8.60. The Morgan fingerprint density at radius 3 is 2.54 bits per heavy atom. The lowest BCUT2D eigenvalue weighted by atomic mass is 9.84. The van der Waals surface area contributed by atoms with Crippen molar-refractivity contribution in [2.45, 2.75) is 50.7 Å². The van der Waals surface area contributed by atoms with Crippen molar-refractivity contribution in [3.63, 3.8) is 0 Å². The first kappa shape index (κ1) is 17.6. The average Bonchev–Trinajstić information content (AvgIpc) is 2.64. The molecule has 1 aliphatic carbocycles. The summed E-state index contributed by atoms with van der Waals surface area (Å²) in [7, 11) is 0. The van der Waals surface area contributed by atoms with Crippen LogP contribution in [-0.4, -0.2) is 10.8 Å². The fourth-order valence-electron chi connectivity index (χ4n) is 4.27. The fourth-order valence-corrected chi connectivity index (χ4v) is 4.65. The number of phenolic OH excluding ortho intramolecular Hbond substituents is 1. The van der Waals surface area contributed by atoms with Gasteiger partial charge in [-0.15, -0.1) is 0 Å². The summed E-state index contributed by atoms with van der Waals surface area (Å²) in [4.78, 5) is 0. The summed E-state index contributed by atoms with van der Waals surface area (Å²) in [5.74, 6) is 0.363. The van der Waals surface area contributed by atoms with Gasteiger partial charge in [-0.1, -0.05) is 52.2 Å². The number of quaternary nitrogens is 1. The Hall–Kier alpha value is -1.78. The highest BCUT2D eigenvalue weighted by Crippen LogP contribution is 2.34. The molecular formula is C22H26BrN2O+. The standard InChI is InChI=1S/C22H25BrN2O/c1-15-5-7-16(8-6-15)19-14-20(18-13-17(23)9-10-21(18)26)25-22(24-19)11-3-2-4-12-22/h5-10,13-14,20,24-26H,2-4,11-12H2,1H3/p+1. The van der Waals surface area contributed by atoms with E-state index in [-0.39, 0.29) is 11.7 Å². The van der Waals surface area contributed by atoms with Crippen LogP contribution in [0.1, 0.15) is 54.8 Å². The summed E-state index contributed by atoms with van der Waals surface area (Å²) in [5, 5.41) is 16.7. The van der Waals surface area contributed by atoms with Gasteiger partial charge in [0.25, 0.3) is 0 Å². The molecule has 2 aromatic rings. The van der Waals surface area contributed by atoms with Crippen molar-refractivity contribution in [2.75, 3.05) is 0 Å². The monoisotopic (exact) mass is 413 g/mol. The third-order valence-corrected chi connectivity index (χ3v) is 6.18. The highest BCUT2D eigenvalue weighted by atomic mass is 79.9. The van der Waals surface area contributed by atoms with Gasteiger partial charge in [0.15, 0.2) is 5.66 Å². The Bertz CT molecular complexity index is 823. The van der Waals surface area contributed by atoms with E-state index in [4.69, 9.17) is 0 Å². The molecule has 0 bridgehead atoms. The molecule has 3 nitrogen and oxygen atoms in total. The van der Waals surface area contributed by atoms with Crippen molar-refractivity contribution in [1.82, 2.24) is 5.32 Å². The first-order valence-corrected chi connectivity index (χ1v) is 10.3. The second-order valence-electron chi connectivity index (χ2n) is 7.68. The summed E-state index contributed by atoms with van der Waals surface area (Å²) in [6.45, 7) is 2.12. The predicted octanol–water partition coefficient (Wildman–Crippen LogP) is 4.37. The number of aromatic hydroxyl groups is 1. The van der Waals surface area contributed by atoms with Crippen LogP contribution in [0.2, 0.25) is 0 Å². The number of hydrogen-bond acceptors (Lipinski definition) is 2. The molecule has 1 heterocycles. The van der Waals surface area contributed by atoms with E-state index in [2.05, 4.69) is 63.8 Å². The zero-order valence-electron chi connectivity index (χ0n) is 15.1. The first-order valence-electron chi connectivity index (χ1n) is 9.46. The summed E-state index contributed by atoms with van der Waals surface area (Å²) in [6, 6.07) is 14.5. The molecule has 1 saturated carbocycles. The lowest BCUT2D eigenvalue weighted by Crippen LogP contribution is -3.02.